The Morgan fingerprint density at radius 2 is 1.73 bits per heavy atom. The van der Waals surface area contributed by atoms with Crippen LogP contribution in [0.4, 0.5) is 11.8 Å². The molecule has 0 aliphatic carbocycles. The molecule has 4 aromatic heterocycles. The lowest BCUT2D eigenvalue weighted by molar-refractivity contribution is -0.192. The van der Waals surface area contributed by atoms with Gasteiger partial charge in [-0.25, -0.2) is 19.9 Å². The van der Waals surface area contributed by atoms with Crippen molar-refractivity contribution < 1.29 is 56.8 Å². The lowest BCUT2D eigenvalue weighted by Gasteiger charge is -2.27. The van der Waals surface area contributed by atoms with Gasteiger partial charge in [0.05, 0.1) is 63.6 Å². The van der Waals surface area contributed by atoms with Gasteiger partial charge in [0.25, 0.3) is 11.5 Å². The molecule has 2 amide bonds. The Morgan fingerprint density at radius 1 is 1.00 bits per heavy atom. The van der Waals surface area contributed by atoms with Crippen molar-refractivity contribution in [3.63, 3.8) is 0 Å². The molecule has 2 aliphatic heterocycles. The fourth-order valence-electron chi connectivity index (χ4n) is 6.90. The number of carbonyl (C=O) groups excluding carboxylic acids is 2. The van der Waals surface area contributed by atoms with E-state index in [1.165, 1.54) is 28.1 Å². The quantitative estimate of drug-likeness (QED) is 0.0618. The van der Waals surface area contributed by atoms with E-state index in [2.05, 4.69) is 40.5 Å². The molecular formula is C36H41N11O13P2. The lowest BCUT2D eigenvalue weighted by atomic mass is 10.0. The Labute approximate surface area is 353 Å². The molecule has 2 fully saturated rings. The molecule has 2 saturated heterocycles. The topological polar surface area (TPSA) is 325 Å². The number of aliphatic hydroxyl groups is 2. The summed E-state index contributed by atoms with van der Waals surface area (Å²) >= 11 is 0. The van der Waals surface area contributed by atoms with Gasteiger partial charge in [0.1, 0.15) is 24.8 Å². The normalized spacial score (nSPS) is 24.4. The summed E-state index contributed by atoms with van der Waals surface area (Å²) in [5.74, 6) is -2.89. The summed E-state index contributed by atoms with van der Waals surface area (Å²) in [6.07, 6.45) is -2.73. The summed E-state index contributed by atoms with van der Waals surface area (Å²) in [5.41, 5.74) is 0.0538. The van der Waals surface area contributed by atoms with E-state index < -0.39 is 109 Å². The van der Waals surface area contributed by atoms with Gasteiger partial charge in [0, 0.05) is 17.4 Å². The molecule has 62 heavy (non-hydrogen) atoms. The number of amides is 2. The number of rotatable bonds is 18. The zero-order valence-electron chi connectivity index (χ0n) is 33.2. The van der Waals surface area contributed by atoms with Crippen molar-refractivity contribution in [2.24, 2.45) is 17.8 Å². The molecule has 1 aromatic carbocycles. The van der Waals surface area contributed by atoms with E-state index in [9.17, 15) is 39.3 Å². The third-order valence-electron chi connectivity index (χ3n) is 10.1. The van der Waals surface area contributed by atoms with Crippen LogP contribution >= 0.6 is 16.9 Å². The zero-order valence-corrected chi connectivity index (χ0v) is 35.0. The van der Waals surface area contributed by atoms with E-state index in [0.717, 1.165) is 0 Å². The minimum Gasteiger partial charge on any atom is -0.566 e. The van der Waals surface area contributed by atoms with Crippen LogP contribution in [0.2, 0.25) is 0 Å². The number of nitriles is 1. The first kappa shape index (κ1) is 44.8. The van der Waals surface area contributed by atoms with E-state index in [1.807, 2.05) is 6.07 Å². The molecule has 5 N–H and O–H groups in total. The van der Waals surface area contributed by atoms with Gasteiger partial charge >= 0.3 is 16.9 Å². The van der Waals surface area contributed by atoms with E-state index >= 15 is 0 Å². The van der Waals surface area contributed by atoms with Crippen molar-refractivity contribution in [2.45, 2.75) is 64.1 Å². The van der Waals surface area contributed by atoms with Crippen LogP contribution in [0.25, 0.3) is 22.3 Å². The number of H-pyrrole nitrogens is 1. The molecule has 2 aliphatic rings. The third kappa shape index (κ3) is 9.53. The fraction of sp³-hybridized carbons (Fsp3) is 0.472. The molecule has 10 atom stereocenters. The van der Waals surface area contributed by atoms with Crippen LogP contribution in [0.1, 0.15) is 50.0 Å². The largest absolute Gasteiger partial charge is 0.566 e. The number of hydrogen-bond donors (Lipinski definition) is 5. The number of aliphatic hydroxyl groups excluding tert-OH is 2. The maximum atomic E-state index is 13.0. The lowest BCUT2D eigenvalue weighted by Crippen LogP contribution is -2.34. The van der Waals surface area contributed by atoms with Gasteiger partial charge in [-0.2, -0.15) is 10.2 Å². The maximum absolute atomic E-state index is 13.0. The SMILES string of the molecule is CC(C)C(=O)Nc1nc2c(ncn2C2OC(CO)C(C)C2OP(OCCC#N)OCC2OC(n3cnc4c(NC(=O)c5ccccc5)ncnc43)C(CO)C2O[P+](=O)[O-])c(=O)[nH]1. The summed E-state index contributed by atoms with van der Waals surface area (Å²) in [4.78, 5) is 74.4. The highest BCUT2D eigenvalue weighted by Gasteiger charge is 2.51. The van der Waals surface area contributed by atoms with Crippen LogP contribution in [0.5, 0.6) is 0 Å². The van der Waals surface area contributed by atoms with Crippen LogP contribution in [0.15, 0.2) is 54.1 Å². The molecule has 0 saturated carbocycles. The molecule has 7 rings (SSSR count). The number of ether oxygens (including phenoxy) is 2. The first-order valence-electron chi connectivity index (χ1n) is 19.2. The van der Waals surface area contributed by atoms with Crippen molar-refractivity contribution >= 4 is 62.8 Å². The molecule has 0 bridgehead atoms. The first-order valence-corrected chi connectivity index (χ1v) is 21.4. The van der Waals surface area contributed by atoms with Crippen molar-refractivity contribution in [3.8, 4) is 6.07 Å². The second-order valence-corrected chi connectivity index (χ2v) is 16.2. The van der Waals surface area contributed by atoms with Gasteiger partial charge in [-0.15, -0.1) is 4.52 Å². The Balaban J connectivity index is 1.14. The average molecular weight is 898 g/mol. The molecule has 0 spiro atoms. The number of anilines is 2. The van der Waals surface area contributed by atoms with Crippen LogP contribution in [-0.4, -0.2) is 112 Å². The fourth-order valence-corrected chi connectivity index (χ4v) is 8.59. The van der Waals surface area contributed by atoms with E-state index in [0.29, 0.717) is 5.56 Å². The number of aromatic nitrogens is 8. The summed E-state index contributed by atoms with van der Waals surface area (Å²) in [6, 6.07) is 10.4. The molecule has 328 valence electrons. The Hall–Kier alpha value is -5.28. The predicted octanol–water partition coefficient (Wildman–Crippen LogP) is 1.80. The Morgan fingerprint density at radius 3 is 2.42 bits per heavy atom. The van der Waals surface area contributed by atoms with Gasteiger partial charge in [0.2, 0.25) is 11.9 Å². The van der Waals surface area contributed by atoms with E-state index in [4.69, 9.17) is 27.6 Å². The number of fused-ring (bicyclic) bond motifs is 2. The Bertz CT molecular complexity index is 2500. The van der Waals surface area contributed by atoms with Crippen LogP contribution in [0.3, 0.4) is 0 Å². The molecule has 24 nitrogen and oxygen atoms in total. The number of carbonyl (C=O) groups is 2. The van der Waals surface area contributed by atoms with Gasteiger partial charge in [-0.1, -0.05) is 39.0 Å². The van der Waals surface area contributed by atoms with Crippen molar-refractivity contribution in [1.29, 1.82) is 5.26 Å². The number of nitrogens with zero attached hydrogens (tertiary/aromatic N) is 8. The summed E-state index contributed by atoms with van der Waals surface area (Å²) in [6.45, 7) is 3.45. The smallest absolute Gasteiger partial charge is 0.488 e. The van der Waals surface area contributed by atoms with Crippen LogP contribution in [-0.2, 0) is 36.9 Å². The summed E-state index contributed by atoms with van der Waals surface area (Å²) in [7, 11) is -5.90. The Kier molecular flexibility index (Phi) is 14.3. The minimum atomic E-state index is -3.48. The number of hydrogen-bond acceptors (Lipinski definition) is 19. The molecule has 6 heterocycles. The zero-order chi connectivity index (χ0) is 44.1. The number of benzene rings is 1. The highest BCUT2D eigenvalue weighted by molar-refractivity contribution is 7.41. The van der Waals surface area contributed by atoms with Crippen molar-refractivity contribution in [3.05, 3.63) is 65.2 Å². The molecular weight excluding hydrogens is 856 g/mol. The second-order valence-electron chi connectivity index (χ2n) is 14.4. The molecule has 10 unspecified atom stereocenters. The van der Waals surface area contributed by atoms with Crippen LogP contribution in [0, 0.1) is 29.1 Å². The molecule has 0 radical (unpaired) electrons. The average Bonchev–Trinajstić information content (AvgIpc) is 4.03. The van der Waals surface area contributed by atoms with Crippen molar-refractivity contribution in [2.75, 3.05) is 37.1 Å². The van der Waals surface area contributed by atoms with Crippen molar-refractivity contribution in [1.82, 2.24) is 39.0 Å². The minimum absolute atomic E-state index is 0.0305. The third-order valence-corrected chi connectivity index (χ3v) is 11.7. The van der Waals surface area contributed by atoms with Gasteiger partial charge < -0.3 is 43.5 Å². The molecule has 26 heteroatoms. The highest BCUT2D eigenvalue weighted by atomic mass is 31.2. The van der Waals surface area contributed by atoms with Gasteiger partial charge in [0.15, 0.2) is 40.5 Å². The summed E-state index contributed by atoms with van der Waals surface area (Å²) in [5, 5.41) is 35.4. The number of aromatic amines is 1. The van der Waals surface area contributed by atoms with Crippen LogP contribution < -0.4 is 21.1 Å². The highest BCUT2D eigenvalue weighted by Crippen LogP contribution is 2.50. The first-order chi connectivity index (χ1) is 29.9. The standard InChI is InChI=1S/C36H41N11O13P2/c1-18(2)31(50)44-36-43-30-25(33(52)45-36)41-17-47(30)35-26(19(3)22(13-49)57-35)60-62(55-11-7-10-37)56-14-23-27(59-61(53)54)21(12-48)34(58-23)46-16-40-24-28(38-15-39-29(24)46)42-32(51)20-8-5-4-6-9-20/h4-6,8-9,15-19,21-23,26-27,34-35,48-49H,7,11-14H2,1-3H3,(H,38,39,42,51)(H2,43,44,45,50,52). The van der Waals surface area contributed by atoms with Gasteiger partial charge in [-0.3, -0.25) is 33.8 Å². The monoisotopic (exact) mass is 897 g/mol. The molecule has 5 aromatic rings. The number of imidazole rings is 2. The second kappa shape index (κ2) is 19.8. The summed E-state index contributed by atoms with van der Waals surface area (Å²) < 4.78 is 51.1. The number of nitrogens with one attached hydrogen (secondary N) is 3. The van der Waals surface area contributed by atoms with E-state index in [-0.39, 0.29) is 47.1 Å². The van der Waals surface area contributed by atoms with Gasteiger partial charge in [-0.05, 0) is 16.7 Å². The maximum Gasteiger partial charge on any atom is 0.488 e. The predicted molar refractivity (Wildman–Crippen MR) is 212 cm³/mol. The van der Waals surface area contributed by atoms with E-state index in [1.54, 1.807) is 51.1 Å².